The van der Waals surface area contributed by atoms with Gasteiger partial charge in [-0.1, -0.05) is 11.6 Å². The van der Waals surface area contributed by atoms with Gasteiger partial charge in [0, 0.05) is 10.1 Å². The van der Waals surface area contributed by atoms with Crippen molar-refractivity contribution in [1.82, 2.24) is 4.98 Å². The predicted molar refractivity (Wildman–Crippen MR) is 54.8 cm³/mol. The Balaban J connectivity index is 3.25. The molecule has 0 aliphatic rings. The van der Waals surface area contributed by atoms with Gasteiger partial charge in [-0.2, -0.15) is 0 Å². The van der Waals surface area contributed by atoms with Gasteiger partial charge in [0.2, 0.25) is 0 Å². The largest absolute Gasteiger partial charge is 0.325 e. The van der Waals surface area contributed by atoms with Crippen LogP contribution in [0.1, 0.15) is 17.8 Å². The van der Waals surface area contributed by atoms with E-state index in [1.807, 2.05) is 22.6 Å². The number of pyridine rings is 1. The number of hydrogen-bond acceptors (Lipinski definition) is 2. The van der Waals surface area contributed by atoms with E-state index < -0.39 is 12.1 Å². The van der Waals surface area contributed by atoms with Crippen LogP contribution in [0.25, 0.3) is 0 Å². The summed E-state index contributed by atoms with van der Waals surface area (Å²) in [5, 5.41) is 0.00722. The SMILES string of the molecule is NCc1cc(I)c(Cl)c(C(F)F)n1. The Morgan fingerprint density at radius 1 is 1.62 bits per heavy atom. The van der Waals surface area contributed by atoms with Crippen molar-refractivity contribution < 1.29 is 8.78 Å². The molecule has 13 heavy (non-hydrogen) atoms. The molecule has 6 heteroatoms. The Hall–Kier alpha value is -0.0100. The first-order valence-corrected chi connectivity index (χ1v) is 4.85. The van der Waals surface area contributed by atoms with Crippen LogP contribution in [0.4, 0.5) is 8.78 Å². The molecule has 0 atom stereocenters. The molecule has 0 aliphatic heterocycles. The zero-order valence-electron chi connectivity index (χ0n) is 6.40. The van der Waals surface area contributed by atoms with Gasteiger partial charge in [-0.3, -0.25) is 0 Å². The molecule has 1 aromatic rings. The highest BCUT2D eigenvalue weighted by atomic mass is 127. The lowest BCUT2D eigenvalue weighted by Gasteiger charge is -2.06. The number of nitrogens with two attached hydrogens (primary N) is 1. The lowest BCUT2D eigenvalue weighted by molar-refractivity contribution is 0.146. The summed E-state index contributed by atoms with van der Waals surface area (Å²) in [7, 11) is 0. The molecule has 72 valence electrons. The van der Waals surface area contributed by atoms with E-state index in [9.17, 15) is 8.78 Å². The third-order valence-corrected chi connectivity index (χ3v) is 2.97. The Morgan fingerprint density at radius 2 is 2.23 bits per heavy atom. The fraction of sp³-hybridized carbons (Fsp3) is 0.286. The van der Waals surface area contributed by atoms with Crippen LogP contribution >= 0.6 is 34.2 Å². The Morgan fingerprint density at radius 3 is 2.69 bits per heavy atom. The lowest BCUT2D eigenvalue weighted by atomic mass is 10.3. The number of hydrogen-bond donors (Lipinski definition) is 1. The van der Waals surface area contributed by atoms with Crippen molar-refractivity contribution >= 4 is 34.2 Å². The highest BCUT2D eigenvalue weighted by molar-refractivity contribution is 14.1. The summed E-state index contributed by atoms with van der Waals surface area (Å²) in [6.45, 7) is 0.132. The maximum Gasteiger partial charge on any atom is 0.281 e. The molecule has 1 rings (SSSR count). The van der Waals surface area contributed by atoms with Gasteiger partial charge in [0.05, 0.1) is 10.7 Å². The molecule has 2 nitrogen and oxygen atoms in total. The first-order valence-electron chi connectivity index (χ1n) is 3.39. The van der Waals surface area contributed by atoms with Gasteiger partial charge in [-0.25, -0.2) is 13.8 Å². The van der Waals surface area contributed by atoms with Gasteiger partial charge >= 0.3 is 0 Å². The quantitative estimate of drug-likeness (QED) is 0.852. The minimum Gasteiger partial charge on any atom is -0.325 e. The van der Waals surface area contributed by atoms with Gasteiger partial charge in [-0.15, -0.1) is 0 Å². The van der Waals surface area contributed by atoms with Crippen LogP contribution in [-0.4, -0.2) is 4.98 Å². The van der Waals surface area contributed by atoms with E-state index in [0.717, 1.165) is 0 Å². The van der Waals surface area contributed by atoms with Crippen LogP contribution in [0.15, 0.2) is 6.07 Å². The van der Waals surface area contributed by atoms with Crippen LogP contribution in [0, 0.1) is 3.57 Å². The zero-order valence-corrected chi connectivity index (χ0v) is 9.31. The molecule has 2 N–H and O–H groups in total. The van der Waals surface area contributed by atoms with E-state index in [4.69, 9.17) is 17.3 Å². The van der Waals surface area contributed by atoms with Gasteiger partial charge < -0.3 is 5.73 Å². The van der Waals surface area contributed by atoms with Crippen LogP contribution < -0.4 is 5.73 Å². The number of halogens is 4. The maximum absolute atomic E-state index is 12.3. The number of nitrogens with zero attached hydrogens (tertiary/aromatic N) is 1. The smallest absolute Gasteiger partial charge is 0.281 e. The van der Waals surface area contributed by atoms with E-state index in [2.05, 4.69) is 4.98 Å². The van der Waals surface area contributed by atoms with Crippen molar-refractivity contribution in [3.05, 3.63) is 26.0 Å². The van der Waals surface area contributed by atoms with E-state index in [-0.39, 0.29) is 11.6 Å². The van der Waals surface area contributed by atoms with Crippen molar-refractivity contribution in [3.63, 3.8) is 0 Å². The van der Waals surface area contributed by atoms with Crippen LogP contribution in [-0.2, 0) is 6.54 Å². The molecule has 0 aromatic carbocycles. The van der Waals surface area contributed by atoms with Gasteiger partial charge in [0.1, 0.15) is 5.69 Å². The number of alkyl halides is 2. The minimum atomic E-state index is -2.66. The van der Waals surface area contributed by atoms with Crippen molar-refractivity contribution in [3.8, 4) is 0 Å². The molecule has 0 bridgehead atoms. The van der Waals surface area contributed by atoms with E-state index in [1.54, 1.807) is 6.07 Å². The normalized spacial score (nSPS) is 10.9. The summed E-state index contributed by atoms with van der Waals surface area (Å²) in [6.07, 6.45) is -2.66. The molecule has 1 heterocycles. The number of rotatable bonds is 2. The van der Waals surface area contributed by atoms with Gasteiger partial charge in [0.25, 0.3) is 6.43 Å². The van der Waals surface area contributed by atoms with Crippen molar-refractivity contribution in [2.75, 3.05) is 0 Å². The Kier molecular flexibility index (Phi) is 3.81. The standard InChI is InChI=1S/C7H6ClF2IN2/c8-5-4(11)1-3(2-12)13-6(5)7(9)10/h1,7H,2,12H2. The summed E-state index contributed by atoms with van der Waals surface area (Å²) >= 11 is 7.50. The molecule has 0 amide bonds. The van der Waals surface area contributed by atoms with Crippen molar-refractivity contribution in [2.24, 2.45) is 5.73 Å². The summed E-state index contributed by atoms with van der Waals surface area (Å²) in [5.41, 5.74) is 5.31. The van der Waals surface area contributed by atoms with Crippen molar-refractivity contribution in [1.29, 1.82) is 0 Å². The first kappa shape index (κ1) is 11.1. The van der Waals surface area contributed by atoms with Gasteiger partial charge in [-0.05, 0) is 28.7 Å². The highest BCUT2D eigenvalue weighted by Gasteiger charge is 2.16. The molecule has 0 unspecified atom stereocenters. The predicted octanol–water partition coefficient (Wildman–Crippen LogP) is 2.74. The second-order valence-electron chi connectivity index (χ2n) is 2.30. The molecule has 0 radical (unpaired) electrons. The topological polar surface area (TPSA) is 38.9 Å². The third kappa shape index (κ3) is 2.47. The highest BCUT2D eigenvalue weighted by Crippen LogP contribution is 2.29. The van der Waals surface area contributed by atoms with Gasteiger partial charge in [0.15, 0.2) is 0 Å². The molecule has 0 fully saturated rings. The summed E-state index contributed by atoms with van der Waals surface area (Å²) < 4.78 is 25.2. The Labute approximate surface area is 92.6 Å². The second kappa shape index (κ2) is 4.47. The molecular formula is C7H6ClF2IN2. The second-order valence-corrected chi connectivity index (χ2v) is 3.84. The van der Waals surface area contributed by atoms with Crippen LogP contribution in [0.3, 0.4) is 0 Å². The Bertz CT molecular complexity index is 320. The molecule has 0 spiro atoms. The molecule has 0 saturated carbocycles. The summed E-state index contributed by atoms with van der Waals surface area (Å²) in [5.74, 6) is 0. The van der Waals surface area contributed by atoms with E-state index in [0.29, 0.717) is 9.26 Å². The third-order valence-electron chi connectivity index (χ3n) is 1.41. The van der Waals surface area contributed by atoms with E-state index in [1.165, 1.54) is 0 Å². The fourth-order valence-corrected chi connectivity index (χ4v) is 1.63. The molecular weight excluding hydrogens is 312 g/mol. The lowest BCUT2D eigenvalue weighted by Crippen LogP contribution is -2.04. The molecule has 1 aromatic heterocycles. The van der Waals surface area contributed by atoms with Crippen LogP contribution in [0.2, 0.25) is 5.02 Å². The first-order chi connectivity index (χ1) is 6.06. The average Bonchev–Trinajstić information content (AvgIpc) is 2.09. The van der Waals surface area contributed by atoms with Crippen molar-refractivity contribution in [2.45, 2.75) is 13.0 Å². The fourth-order valence-electron chi connectivity index (χ4n) is 0.817. The monoisotopic (exact) mass is 318 g/mol. The minimum absolute atomic E-state index is 0.00722. The summed E-state index contributed by atoms with van der Waals surface area (Å²) in [4.78, 5) is 3.64. The maximum atomic E-state index is 12.3. The number of aromatic nitrogens is 1. The van der Waals surface area contributed by atoms with Crippen LogP contribution in [0.5, 0.6) is 0 Å². The molecule has 0 saturated heterocycles. The average molecular weight is 318 g/mol. The summed E-state index contributed by atoms with van der Waals surface area (Å²) in [6, 6.07) is 1.59. The molecule has 0 aliphatic carbocycles. The van der Waals surface area contributed by atoms with E-state index >= 15 is 0 Å². The zero-order chi connectivity index (χ0) is 10.0.